The molecule has 0 radical (unpaired) electrons. The van der Waals surface area contributed by atoms with E-state index < -0.39 is 5.91 Å². The lowest BCUT2D eigenvalue weighted by Crippen LogP contribution is -2.44. The van der Waals surface area contributed by atoms with E-state index in [1.54, 1.807) is 49.5 Å². The number of nitrogens with one attached hydrogen (secondary N) is 2. The van der Waals surface area contributed by atoms with E-state index in [-0.39, 0.29) is 35.7 Å². The van der Waals surface area contributed by atoms with Crippen molar-refractivity contribution in [3.8, 4) is 40.4 Å². The van der Waals surface area contributed by atoms with E-state index in [1.807, 2.05) is 32.0 Å². The molecule has 57 heavy (non-hydrogen) atoms. The number of hydrogen-bond donors (Lipinski definition) is 2. The number of likely N-dealkylation sites (N-methyl/N-ethyl adjacent to an activating group) is 1. The third-order valence-electron chi connectivity index (χ3n) is 10.1. The van der Waals surface area contributed by atoms with Crippen LogP contribution in [0.1, 0.15) is 40.7 Å². The number of para-hydroxylation sites is 1. The highest BCUT2D eigenvalue weighted by molar-refractivity contribution is 6.06. The average Bonchev–Trinajstić information content (AvgIpc) is 3.76. The number of likely N-dealkylation sites (tertiary alicyclic amines) is 1. The molecule has 2 N–H and O–H groups in total. The Balaban J connectivity index is 1.24. The van der Waals surface area contributed by atoms with Crippen molar-refractivity contribution < 1.29 is 38.0 Å². The van der Waals surface area contributed by atoms with Gasteiger partial charge in [-0.15, -0.1) is 0 Å². The van der Waals surface area contributed by atoms with Gasteiger partial charge < -0.3 is 53.8 Å². The van der Waals surface area contributed by atoms with Crippen molar-refractivity contribution in [1.82, 2.24) is 24.7 Å². The molecule has 2 fully saturated rings. The topological polar surface area (TPSA) is 149 Å². The molecule has 2 aliphatic heterocycles. The van der Waals surface area contributed by atoms with Crippen LogP contribution in [0.3, 0.4) is 0 Å². The van der Waals surface area contributed by atoms with Crippen molar-refractivity contribution in [3.63, 3.8) is 0 Å². The van der Waals surface area contributed by atoms with Crippen LogP contribution in [0.15, 0.2) is 54.7 Å². The molecule has 15 heteroatoms. The van der Waals surface area contributed by atoms with E-state index >= 15 is 0 Å². The van der Waals surface area contributed by atoms with Gasteiger partial charge in [-0.25, -0.2) is 4.98 Å². The molecule has 2 saturated heterocycles. The van der Waals surface area contributed by atoms with E-state index in [2.05, 4.69) is 37.4 Å². The number of methoxy groups -OCH3 is 3. The number of hydrogen-bond acceptors (Lipinski definition) is 13. The molecular weight excluding hydrogens is 731 g/mol. The Kier molecular flexibility index (Phi) is 13.9. The first-order chi connectivity index (χ1) is 27.6. The number of carbonyl (C=O) groups excluding carboxylic acids is 2. The second kappa shape index (κ2) is 19.4. The van der Waals surface area contributed by atoms with Gasteiger partial charge in [-0.05, 0) is 63.4 Å². The van der Waals surface area contributed by atoms with Crippen LogP contribution < -0.4 is 39.1 Å². The quantitative estimate of drug-likeness (QED) is 0.122. The normalized spacial score (nSPS) is 14.5. The van der Waals surface area contributed by atoms with Crippen molar-refractivity contribution in [1.29, 1.82) is 0 Å². The van der Waals surface area contributed by atoms with Crippen molar-refractivity contribution in [2.75, 3.05) is 98.0 Å². The SMILES string of the molecule is COc1cc(OCC(=O)N2CCCC2)ccc1Oc1nc(Nc2cc(OC)c(OC)c(OCCCN3CCN(C)CC3)c2)ncc1C(=O)Nc1c(C)cccc1C. The van der Waals surface area contributed by atoms with E-state index in [4.69, 9.17) is 28.4 Å². The largest absolute Gasteiger partial charge is 0.493 e. The molecule has 0 spiro atoms. The summed E-state index contributed by atoms with van der Waals surface area (Å²) < 4.78 is 35.4. The maximum atomic E-state index is 13.9. The molecule has 3 heterocycles. The van der Waals surface area contributed by atoms with Crippen LogP contribution in [0.4, 0.5) is 17.3 Å². The minimum absolute atomic E-state index is 0.0340. The van der Waals surface area contributed by atoms with Gasteiger partial charge in [0.1, 0.15) is 11.3 Å². The first kappa shape index (κ1) is 40.9. The molecule has 15 nitrogen and oxygen atoms in total. The predicted molar refractivity (Wildman–Crippen MR) is 217 cm³/mol. The maximum Gasteiger partial charge on any atom is 0.262 e. The summed E-state index contributed by atoms with van der Waals surface area (Å²) >= 11 is 0. The predicted octanol–water partition coefficient (Wildman–Crippen LogP) is 5.92. The van der Waals surface area contributed by atoms with Gasteiger partial charge in [0, 0.05) is 81.6 Å². The summed E-state index contributed by atoms with van der Waals surface area (Å²) in [5.74, 6) is 1.98. The molecular formula is C42H53N7O8. The van der Waals surface area contributed by atoms with Gasteiger partial charge in [0.25, 0.3) is 11.8 Å². The summed E-state index contributed by atoms with van der Waals surface area (Å²) in [4.78, 5) is 42.2. The first-order valence-corrected chi connectivity index (χ1v) is 19.2. The highest BCUT2D eigenvalue weighted by Gasteiger charge is 2.23. The number of nitrogens with zero attached hydrogens (tertiary/aromatic N) is 5. The van der Waals surface area contributed by atoms with Crippen LogP contribution in [0, 0.1) is 13.8 Å². The molecule has 304 valence electrons. The Labute approximate surface area is 334 Å². The van der Waals surface area contributed by atoms with Crippen molar-refractivity contribution in [3.05, 3.63) is 71.4 Å². The minimum Gasteiger partial charge on any atom is -0.493 e. The summed E-state index contributed by atoms with van der Waals surface area (Å²) in [6.07, 6.45) is 4.24. The summed E-state index contributed by atoms with van der Waals surface area (Å²) in [5.41, 5.74) is 3.12. The maximum absolute atomic E-state index is 13.9. The number of rotatable bonds is 17. The van der Waals surface area contributed by atoms with Gasteiger partial charge in [-0.2, -0.15) is 4.98 Å². The van der Waals surface area contributed by atoms with E-state index in [0.29, 0.717) is 46.7 Å². The fraction of sp³-hybridized carbons (Fsp3) is 0.429. The highest BCUT2D eigenvalue weighted by atomic mass is 16.5. The van der Waals surface area contributed by atoms with Gasteiger partial charge in [0.2, 0.25) is 17.6 Å². The number of benzene rings is 3. The molecule has 0 saturated carbocycles. The van der Waals surface area contributed by atoms with Gasteiger partial charge in [-0.3, -0.25) is 9.59 Å². The van der Waals surface area contributed by atoms with Crippen LogP contribution in [0.5, 0.6) is 40.4 Å². The zero-order chi connectivity index (χ0) is 40.3. The fourth-order valence-corrected chi connectivity index (χ4v) is 6.76. The van der Waals surface area contributed by atoms with Crippen LogP contribution in [-0.4, -0.2) is 124 Å². The smallest absolute Gasteiger partial charge is 0.262 e. The second-order valence-corrected chi connectivity index (χ2v) is 14.1. The monoisotopic (exact) mass is 783 g/mol. The third kappa shape index (κ3) is 10.5. The van der Waals surface area contributed by atoms with Crippen molar-refractivity contribution in [2.45, 2.75) is 33.1 Å². The molecule has 0 bridgehead atoms. The average molecular weight is 784 g/mol. The number of amides is 2. The summed E-state index contributed by atoms with van der Waals surface area (Å²) in [6.45, 7) is 10.9. The molecule has 0 atom stereocenters. The number of piperazine rings is 1. The number of carbonyl (C=O) groups is 2. The molecule has 4 aromatic rings. The molecule has 1 aromatic heterocycles. The van der Waals surface area contributed by atoms with Crippen molar-refractivity contribution >= 4 is 29.1 Å². The Morgan fingerprint density at radius 1 is 0.807 bits per heavy atom. The first-order valence-electron chi connectivity index (χ1n) is 19.2. The number of aromatic nitrogens is 2. The van der Waals surface area contributed by atoms with Gasteiger partial charge in [0.05, 0.1) is 27.9 Å². The lowest BCUT2D eigenvalue weighted by molar-refractivity contribution is -0.132. The van der Waals surface area contributed by atoms with Gasteiger partial charge in [-0.1, -0.05) is 18.2 Å². The summed E-state index contributed by atoms with van der Waals surface area (Å²) in [5, 5.41) is 6.22. The van der Waals surface area contributed by atoms with Gasteiger partial charge in [0.15, 0.2) is 29.6 Å². The lowest BCUT2D eigenvalue weighted by Gasteiger charge is -2.32. The Bertz CT molecular complexity index is 1990. The highest BCUT2D eigenvalue weighted by Crippen LogP contribution is 2.41. The third-order valence-corrected chi connectivity index (χ3v) is 10.1. The van der Waals surface area contributed by atoms with Crippen LogP contribution in [0.2, 0.25) is 0 Å². The summed E-state index contributed by atoms with van der Waals surface area (Å²) in [7, 11) is 6.76. The van der Waals surface area contributed by atoms with Crippen LogP contribution in [-0.2, 0) is 4.79 Å². The molecule has 0 unspecified atom stereocenters. The lowest BCUT2D eigenvalue weighted by atomic mass is 10.1. The Morgan fingerprint density at radius 3 is 2.23 bits per heavy atom. The molecule has 3 aromatic carbocycles. The number of aryl methyl sites for hydroxylation is 2. The molecule has 6 rings (SSSR count). The van der Waals surface area contributed by atoms with E-state index in [0.717, 1.165) is 76.2 Å². The Hall–Kier alpha value is -5.80. The van der Waals surface area contributed by atoms with E-state index in [9.17, 15) is 9.59 Å². The zero-order valence-corrected chi connectivity index (χ0v) is 33.7. The van der Waals surface area contributed by atoms with Crippen molar-refractivity contribution in [2.24, 2.45) is 0 Å². The number of ether oxygens (including phenoxy) is 6. The van der Waals surface area contributed by atoms with Gasteiger partial charge >= 0.3 is 0 Å². The second-order valence-electron chi connectivity index (χ2n) is 14.1. The van der Waals surface area contributed by atoms with E-state index in [1.165, 1.54) is 13.3 Å². The van der Waals surface area contributed by atoms with Crippen LogP contribution in [0.25, 0.3) is 0 Å². The molecule has 0 aliphatic carbocycles. The zero-order valence-electron chi connectivity index (χ0n) is 33.7. The standard InChI is InChI=1S/C42H53N7O8/c1-28-11-9-12-29(2)38(28)45-40(51)32-26-43-42(46-41(32)57-33-14-13-31(25-34(33)52-4)56-27-37(50)49-16-7-8-17-49)44-30-23-35(53-5)39(54-6)36(24-30)55-22-10-15-48-20-18-47(3)19-21-48/h9,11-14,23-26H,7-8,10,15-22,27H2,1-6H3,(H,45,51)(H,43,44,46). The summed E-state index contributed by atoms with van der Waals surface area (Å²) in [6, 6.07) is 14.2. The molecule has 2 aliphatic rings. The number of anilines is 3. The molecule has 2 amide bonds. The Morgan fingerprint density at radius 2 is 1.53 bits per heavy atom. The fourth-order valence-electron chi connectivity index (χ4n) is 6.76. The minimum atomic E-state index is -0.466. The van der Waals surface area contributed by atoms with Crippen LogP contribution >= 0.6 is 0 Å².